The van der Waals surface area contributed by atoms with Gasteiger partial charge in [-0.2, -0.15) is 13.2 Å². The third kappa shape index (κ3) is 3.11. The van der Waals surface area contributed by atoms with Gasteiger partial charge in [-0.1, -0.05) is 23.7 Å². The highest BCUT2D eigenvalue weighted by Crippen LogP contribution is 2.36. The molecule has 2 aromatic rings. The van der Waals surface area contributed by atoms with Gasteiger partial charge in [0.05, 0.1) is 16.1 Å². The maximum absolute atomic E-state index is 12.7. The summed E-state index contributed by atoms with van der Waals surface area (Å²) in [7, 11) is 0. The average molecular weight is 301 g/mol. The Morgan fingerprint density at radius 2 is 1.75 bits per heavy atom. The van der Waals surface area contributed by atoms with Crippen LogP contribution in [-0.2, 0) is 6.18 Å². The lowest BCUT2D eigenvalue weighted by molar-refractivity contribution is -0.137. The van der Waals surface area contributed by atoms with Gasteiger partial charge in [0.25, 0.3) is 0 Å². The first-order chi connectivity index (χ1) is 9.41. The minimum atomic E-state index is -4.51. The molecule has 0 heterocycles. The number of carbonyl (C=O) groups excluding carboxylic acids is 1. The first-order valence-corrected chi connectivity index (χ1v) is 5.88. The minimum Gasteiger partial charge on any atom is -0.455 e. The molecule has 0 aliphatic carbocycles. The molecule has 0 unspecified atom stereocenters. The van der Waals surface area contributed by atoms with Crippen LogP contribution in [0, 0.1) is 0 Å². The highest BCUT2D eigenvalue weighted by molar-refractivity contribution is 6.32. The van der Waals surface area contributed by atoms with Gasteiger partial charge in [-0.15, -0.1) is 0 Å². The van der Waals surface area contributed by atoms with E-state index in [2.05, 4.69) is 0 Å². The second-order valence-electron chi connectivity index (χ2n) is 3.90. The van der Waals surface area contributed by atoms with E-state index in [1.54, 1.807) is 12.1 Å². The van der Waals surface area contributed by atoms with Crippen molar-refractivity contribution in [1.82, 2.24) is 0 Å². The van der Waals surface area contributed by atoms with Gasteiger partial charge in [0.15, 0.2) is 6.29 Å². The Morgan fingerprint density at radius 3 is 2.35 bits per heavy atom. The van der Waals surface area contributed by atoms with Gasteiger partial charge in [0.2, 0.25) is 0 Å². The van der Waals surface area contributed by atoms with Crippen LogP contribution in [0.15, 0.2) is 42.5 Å². The molecule has 0 aromatic heterocycles. The lowest BCUT2D eigenvalue weighted by Crippen LogP contribution is -2.05. The van der Waals surface area contributed by atoms with Crippen molar-refractivity contribution in [2.45, 2.75) is 6.18 Å². The SMILES string of the molecule is O=Cc1ccc(C(F)(F)F)cc1Oc1ccccc1Cl. The molecule has 0 aliphatic rings. The summed E-state index contributed by atoms with van der Waals surface area (Å²) in [5.74, 6) is -0.0143. The van der Waals surface area contributed by atoms with E-state index in [1.807, 2.05) is 0 Å². The number of carbonyl (C=O) groups is 1. The van der Waals surface area contributed by atoms with E-state index in [1.165, 1.54) is 12.1 Å². The third-order valence-electron chi connectivity index (χ3n) is 2.52. The van der Waals surface area contributed by atoms with Crippen molar-refractivity contribution in [3.8, 4) is 11.5 Å². The van der Waals surface area contributed by atoms with Crippen molar-refractivity contribution in [3.63, 3.8) is 0 Å². The van der Waals surface area contributed by atoms with Crippen molar-refractivity contribution in [3.05, 3.63) is 58.6 Å². The van der Waals surface area contributed by atoms with Gasteiger partial charge < -0.3 is 4.74 Å². The van der Waals surface area contributed by atoms with E-state index < -0.39 is 11.7 Å². The summed E-state index contributed by atoms with van der Waals surface area (Å²) in [6.07, 6.45) is -4.09. The van der Waals surface area contributed by atoms with Crippen LogP contribution < -0.4 is 4.74 Å². The molecule has 0 fully saturated rings. The summed E-state index contributed by atoms with van der Waals surface area (Å²) < 4.78 is 43.3. The lowest BCUT2D eigenvalue weighted by Gasteiger charge is -2.12. The van der Waals surface area contributed by atoms with Gasteiger partial charge in [0.1, 0.15) is 11.5 Å². The molecule has 0 spiro atoms. The first kappa shape index (κ1) is 14.4. The summed E-state index contributed by atoms with van der Waals surface area (Å²) in [6, 6.07) is 8.96. The van der Waals surface area contributed by atoms with Gasteiger partial charge in [-0.3, -0.25) is 4.79 Å². The summed E-state index contributed by atoms with van der Waals surface area (Å²) in [5.41, 5.74) is -0.886. The highest BCUT2D eigenvalue weighted by Gasteiger charge is 2.31. The van der Waals surface area contributed by atoms with Crippen LogP contribution in [0.1, 0.15) is 15.9 Å². The summed E-state index contributed by atoms with van der Waals surface area (Å²) in [4.78, 5) is 10.9. The second kappa shape index (κ2) is 5.54. The molecule has 0 atom stereocenters. The number of rotatable bonds is 3. The Labute approximate surface area is 117 Å². The zero-order valence-corrected chi connectivity index (χ0v) is 10.7. The Bertz CT molecular complexity index is 639. The predicted molar refractivity (Wildman–Crippen MR) is 68.4 cm³/mol. The van der Waals surface area contributed by atoms with E-state index in [0.717, 1.165) is 18.2 Å². The molecule has 2 aromatic carbocycles. The molecule has 0 aliphatic heterocycles. The predicted octanol–water partition coefficient (Wildman–Crippen LogP) is 4.96. The van der Waals surface area contributed by atoms with Gasteiger partial charge in [0, 0.05) is 0 Å². The minimum absolute atomic E-state index is 0.0120. The molecular weight excluding hydrogens is 293 g/mol. The molecule has 0 saturated heterocycles. The molecule has 2 nitrogen and oxygen atoms in total. The summed E-state index contributed by atoms with van der Waals surface area (Å²) >= 11 is 5.86. The summed E-state index contributed by atoms with van der Waals surface area (Å²) in [5, 5.41) is 0.238. The zero-order valence-electron chi connectivity index (χ0n) is 9.95. The van der Waals surface area contributed by atoms with Gasteiger partial charge >= 0.3 is 6.18 Å². The Balaban J connectivity index is 2.44. The molecule has 0 N–H and O–H groups in total. The lowest BCUT2D eigenvalue weighted by atomic mass is 10.1. The van der Waals surface area contributed by atoms with Crippen molar-refractivity contribution in [1.29, 1.82) is 0 Å². The van der Waals surface area contributed by atoms with Crippen LogP contribution in [-0.4, -0.2) is 6.29 Å². The van der Waals surface area contributed by atoms with Crippen molar-refractivity contribution < 1.29 is 22.7 Å². The smallest absolute Gasteiger partial charge is 0.416 e. The molecule has 0 radical (unpaired) electrons. The second-order valence-corrected chi connectivity index (χ2v) is 4.31. The topological polar surface area (TPSA) is 26.3 Å². The molecule has 0 bridgehead atoms. The Morgan fingerprint density at radius 1 is 1.05 bits per heavy atom. The zero-order chi connectivity index (χ0) is 14.8. The van der Waals surface area contributed by atoms with Crippen molar-refractivity contribution in [2.24, 2.45) is 0 Å². The first-order valence-electron chi connectivity index (χ1n) is 5.50. The maximum Gasteiger partial charge on any atom is 0.416 e. The monoisotopic (exact) mass is 300 g/mol. The molecule has 104 valence electrons. The standard InChI is InChI=1S/C14H8ClF3O2/c15-11-3-1-2-4-12(11)20-13-7-10(14(16,17)18)6-5-9(13)8-19/h1-8H. The molecule has 2 rings (SSSR count). The average Bonchev–Trinajstić information content (AvgIpc) is 2.40. The van der Waals surface area contributed by atoms with Crippen LogP contribution in [0.3, 0.4) is 0 Å². The van der Waals surface area contributed by atoms with Gasteiger partial charge in [-0.25, -0.2) is 0 Å². The van der Waals surface area contributed by atoms with Crippen LogP contribution in [0.25, 0.3) is 0 Å². The highest BCUT2D eigenvalue weighted by atomic mass is 35.5. The van der Waals surface area contributed by atoms with Crippen LogP contribution in [0.5, 0.6) is 11.5 Å². The van der Waals surface area contributed by atoms with E-state index >= 15 is 0 Å². The molecule has 20 heavy (non-hydrogen) atoms. The van der Waals surface area contributed by atoms with Crippen molar-refractivity contribution in [2.75, 3.05) is 0 Å². The van der Waals surface area contributed by atoms with E-state index in [9.17, 15) is 18.0 Å². The summed E-state index contributed by atoms with van der Waals surface area (Å²) in [6.45, 7) is 0. The number of alkyl halides is 3. The number of ether oxygens (including phenoxy) is 1. The molecular formula is C14H8ClF3O2. The largest absolute Gasteiger partial charge is 0.455 e. The van der Waals surface area contributed by atoms with Crippen LogP contribution in [0.2, 0.25) is 5.02 Å². The number of halogens is 4. The fraction of sp³-hybridized carbons (Fsp3) is 0.0714. The number of para-hydroxylation sites is 1. The number of aldehydes is 1. The normalized spacial score (nSPS) is 11.2. The number of hydrogen-bond donors (Lipinski definition) is 0. The van der Waals surface area contributed by atoms with E-state index in [-0.39, 0.29) is 22.1 Å². The number of hydrogen-bond acceptors (Lipinski definition) is 2. The quantitative estimate of drug-likeness (QED) is 0.749. The van der Waals surface area contributed by atoms with Crippen LogP contribution in [0.4, 0.5) is 13.2 Å². The van der Waals surface area contributed by atoms with Crippen molar-refractivity contribution >= 4 is 17.9 Å². The molecule has 6 heteroatoms. The Hall–Kier alpha value is -2.01. The van der Waals surface area contributed by atoms with E-state index in [4.69, 9.17) is 16.3 Å². The maximum atomic E-state index is 12.7. The van der Waals surface area contributed by atoms with E-state index in [0.29, 0.717) is 6.29 Å². The molecule has 0 amide bonds. The fourth-order valence-electron chi connectivity index (χ4n) is 1.54. The Kier molecular flexibility index (Phi) is 3.99. The number of benzene rings is 2. The third-order valence-corrected chi connectivity index (χ3v) is 2.84. The fourth-order valence-corrected chi connectivity index (χ4v) is 1.72. The van der Waals surface area contributed by atoms with Crippen LogP contribution >= 0.6 is 11.6 Å². The van der Waals surface area contributed by atoms with Gasteiger partial charge in [-0.05, 0) is 30.3 Å². The molecule has 0 saturated carbocycles.